The van der Waals surface area contributed by atoms with Crippen molar-refractivity contribution in [3.05, 3.63) is 35.5 Å². The van der Waals surface area contributed by atoms with Crippen molar-refractivity contribution in [2.45, 2.75) is 45.1 Å². The smallest absolute Gasteiger partial charge is 0.387 e. The fourth-order valence-electron chi connectivity index (χ4n) is 3.95. The maximum absolute atomic E-state index is 13.0. The number of halogens is 2. The van der Waals surface area contributed by atoms with Crippen LogP contribution < -0.4 is 4.74 Å². The second-order valence-corrected chi connectivity index (χ2v) is 7.02. The Morgan fingerprint density at radius 3 is 2.78 bits per heavy atom. The zero-order valence-corrected chi connectivity index (χ0v) is 15.0. The van der Waals surface area contributed by atoms with Crippen LogP contribution >= 0.6 is 0 Å². The summed E-state index contributed by atoms with van der Waals surface area (Å²) >= 11 is 0. The molecule has 5 nitrogen and oxygen atoms in total. The van der Waals surface area contributed by atoms with Crippen molar-refractivity contribution in [2.24, 2.45) is 5.92 Å². The number of nitrogens with zero attached hydrogens (tertiary/aromatic N) is 2. The molecule has 0 atom stereocenters. The third-order valence-corrected chi connectivity index (χ3v) is 5.29. The Labute approximate surface area is 156 Å². The van der Waals surface area contributed by atoms with Gasteiger partial charge in [0.25, 0.3) is 0 Å². The van der Waals surface area contributed by atoms with Crippen molar-refractivity contribution in [2.75, 3.05) is 13.2 Å². The predicted molar refractivity (Wildman–Crippen MR) is 95.1 cm³/mol. The molecule has 7 heteroatoms. The van der Waals surface area contributed by atoms with Crippen molar-refractivity contribution >= 4 is 5.91 Å². The molecule has 2 aromatic rings. The highest BCUT2D eigenvalue weighted by atomic mass is 19.3. The van der Waals surface area contributed by atoms with Gasteiger partial charge < -0.3 is 9.47 Å². The number of aromatic nitrogens is 2. The fraction of sp³-hybridized carbons (Fsp3) is 0.500. The topological polar surface area (TPSA) is 53.4 Å². The second-order valence-electron chi connectivity index (χ2n) is 7.02. The molecule has 2 aliphatic rings. The molecular weight excluding hydrogens is 354 g/mol. The van der Waals surface area contributed by atoms with Crippen LogP contribution in [0.1, 0.15) is 41.7 Å². The summed E-state index contributed by atoms with van der Waals surface area (Å²) in [6.45, 7) is -1.68. The summed E-state index contributed by atoms with van der Waals surface area (Å²) in [4.78, 5) is 13.0. The third kappa shape index (κ3) is 3.74. The van der Waals surface area contributed by atoms with E-state index in [9.17, 15) is 13.6 Å². The molecule has 0 saturated carbocycles. The number of carbonyl (C=O) groups is 1. The van der Waals surface area contributed by atoms with Crippen molar-refractivity contribution < 1.29 is 23.0 Å². The van der Waals surface area contributed by atoms with E-state index in [0.29, 0.717) is 37.3 Å². The number of hydrogen-bond acceptors (Lipinski definition) is 4. The maximum atomic E-state index is 13.0. The van der Waals surface area contributed by atoms with E-state index in [2.05, 4.69) is 9.84 Å². The first kappa shape index (κ1) is 18.1. The average Bonchev–Trinajstić information content (AvgIpc) is 3.07. The Morgan fingerprint density at radius 2 is 2.00 bits per heavy atom. The lowest BCUT2D eigenvalue weighted by Crippen LogP contribution is -2.30. The first-order valence-corrected chi connectivity index (χ1v) is 9.41. The van der Waals surface area contributed by atoms with Crippen LogP contribution in [0.2, 0.25) is 0 Å². The number of carbonyl (C=O) groups excluding carboxylic acids is 1. The van der Waals surface area contributed by atoms with Gasteiger partial charge in [-0.15, -0.1) is 0 Å². The first-order valence-electron chi connectivity index (χ1n) is 9.41. The highest BCUT2D eigenvalue weighted by molar-refractivity contribution is 5.83. The van der Waals surface area contributed by atoms with Gasteiger partial charge in [-0.25, -0.2) is 4.68 Å². The minimum atomic E-state index is -2.87. The van der Waals surface area contributed by atoms with Gasteiger partial charge in [-0.1, -0.05) is 12.1 Å². The minimum absolute atomic E-state index is 0.0164. The van der Waals surface area contributed by atoms with Crippen LogP contribution in [-0.2, 0) is 17.6 Å². The van der Waals surface area contributed by atoms with Crippen LogP contribution in [-0.4, -0.2) is 35.5 Å². The van der Waals surface area contributed by atoms with Gasteiger partial charge in [-0.2, -0.15) is 13.9 Å². The highest BCUT2D eigenvalue weighted by Gasteiger charge is 2.29. The molecule has 27 heavy (non-hydrogen) atoms. The van der Waals surface area contributed by atoms with E-state index < -0.39 is 6.61 Å². The fourth-order valence-corrected chi connectivity index (χ4v) is 3.95. The summed E-state index contributed by atoms with van der Waals surface area (Å²) in [7, 11) is 0. The van der Waals surface area contributed by atoms with Crippen molar-refractivity contribution in [3.63, 3.8) is 0 Å². The summed E-state index contributed by atoms with van der Waals surface area (Å²) in [6.07, 6.45) is 5.12. The van der Waals surface area contributed by atoms with Gasteiger partial charge in [0.15, 0.2) is 0 Å². The lowest BCUT2D eigenvalue weighted by atomic mass is 9.93. The number of alkyl halides is 2. The van der Waals surface area contributed by atoms with Gasteiger partial charge in [-0.3, -0.25) is 4.79 Å². The molecule has 0 unspecified atom stereocenters. The maximum Gasteiger partial charge on any atom is 0.387 e. The molecule has 1 aromatic carbocycles. The Hall–Kier alpha value is -2.28. The summed E-state index contributed by atoms with van der Waals surface area (Å²) in [6, 6.07) is 6.54. The van der Waals surface area contributed by atoms with Gasteiger partial charge in [0.2, 0.25) is 5.91 Å². The molecule has 4 rings (SSSR count). The van der Waals surface area contributed by atoms with Gasteiger partial charge in [0.05, 0.1) is 11.4 Å². The van der Waals surface area contributed by atoms with Crippen molar-refractivity contribution in [1.29, 1.82) is 0 Å². The Morgan fingerprint density at radius 1 is 1.22 bits per heavy atom. The van der Waals surface area contributed by atoms with E-state index >= 15 is 0 Å². The standard InChI is InChI=1S/C20H22F2N2O3/c21-20(22)27-15-5-3-4-14(12-15)18-16-6-1-2-7-17(16)24(23-18)19(25)13-8-10-26-11-9-13/h3-5,12-13,20H,1-2,6-11H2. The van der Waals surface area contributed by atoms with Crippen LogP contribution in [0.15, 0.2) is 24.3 Å². The Kier molecular flexibility index (Phi) is 5.20. The number of rotatable bonds is 4. The van der Waals surface area contributed by atoms with Gasteiger partial charge in [0, 0.05) is 30.3 Å². The highest BCUT2D eigenvalue weighted by Crippen LogP contribution is 2.34. The average molecular weight is 376 g/mol. The van der Waals surface area contributed by atoms with Gasteiger partial charge in [0.1, 0.15) is 5.75 Å². The molecule has 0 N–H and O–H groups in total. The predicted octanol–water partition coefficient (Wildman–Crippen LogP) is 4.10. The lowest BCUT2D eigenvalue weighted by molar-refractivity contribution is -0.0498. The first-order chi connectivity index (χ1) is 13.1. The minimum Gasteiger partial charge on any atom is -0.435 e. The number of benzene rings is 1. The molecule has 0 bridgehead atoms. The summed E-state index contributed by atoms with van der Waals surface area (Å²) < 4.78 is 36.5. The quantitative estimate of drug-likeness (QED) is 0.806. The van der Waals surface area contributed by atoms with Crippen LogP contribution in [0.5, 0.6) is 5.75 Å². The van der Waals surface area contributed by atoms with Crippen LogP contribution in [0.3, 0.4) is 0 Å². The van der Waals surface area contributed by atoms with Crippen LogP contribution in [0.25, 0.3) is 11.3 Å². The van der Waals surface area contributed by atoms with E-state index in [1.807, 2.05) is 6.07 Å². The van der Waals surface area contributed by atoms with E-state index in [1.165, 1.54) is 6.07 Å². The molecule has 1 fully saturated rings. The molecule has 144 valence electrons. The Bertz CT molecular complexity index is 829. The number of ether oxygens (including phenoxy) is 2. The monoisotopic (exact) mass is 376 g/mol. The molecular formula is C20H22F2N2O3. The van der Waals surface area contributed by atoms with Crippen LogP contribution in [0.4, 0.5) is 8.78 Å². The second kappa shape index (κ2) is 7.76. The van der Waals surface area contributed by atoms with E-state index in [-0.39, 0.29) is 17.6 Å². The number of fused-ring (bicyclic) bond motifs is 1. The summed E-state index contributed by atoms with van der Waals surface area (Å²) in [5.41, 5.74) is 3.42. The molecule has 0 spiro atoms. The zero-order chi connectivity index (χ0) is 18.8. The largest absolute Gasteiger partial charge is 0.435 e. The zero-order valence-electron chi connectivity index (χ0n) is 15.0. The van der Waals surface area contributed by atoms with E-state index in [0.717, 1.165) is 36.9 Å². The molecule has 0 amide bonds. The van der Waals surface area contributed by atoms with Crippen molar-refractivity contribution in [3.8, 4) is 17.0 Å². The van der Waals surface area contributed by atoms with E-state index in [4.69, 9.17) is 4.74 Å². The SMILES string of the molecule is O=C(C1CCOCC1)n1nc(-c2cccc(OC(F)F)c2)c2c1CCCC2. The summed E-state index contributed by atoms with van der Waals surface area (Å²) in [5.74, 6) is 0.0334. The molecule has 1 aliphatic carbocycles. The molecule has 0 radical (unpaired) electrons. The Balaban J connectivity index is 1.71. The van der Waals surface area contributed by atoms with Gasteiger partial charge in [-0.05, 0) is 50.7 Å². The molecule has 1 saturated heterocycles. The molecule has 1 aliphatic heterocycles. The number of hydrogen-bond donors (Lipinski definition) is 0. The normalized spacial score (nSPS) is 17.7. The summed E-state index contributed by atoms with van der Waals surface area (Å²) in [5, 5.41) is 4.64. The van der Waals surface area contributed by atoms with Gasteiger partial charge >= 0.3 is 6.61 Å². The molecule has 2 heterocycles. The van der Waals surface area contributed by atoms with E-state index in [1.54, 1.807) is 16.8 Å². The lowest BCUT2D eigenvalue weighted by Gasteiger charge is -2.22. The van der Waals surface area contributed by atoms with Crippen molar-refractivity contribution in [1.82, 2.24) is 9.78 Å². The molecule has 1 aromatic heterocycles. The third-order valence-electron chi connectivity index (χ3n) is 5.29. The van der Waals surface area contributed by atoms with Crippen LogP contribution in [0, 0.1) is 5.92 Å².